The van der Waals surface area contributed by atoms with Crippen LogP contribution in [0.1, 0.15) is 20.3 Å². The van der Waals surface area contributed by atoms with E-state index in [-0.39, 0.29) is 0 Å². The Morgan fingerprint density at radius 3 is 2.44 bits per heavy atom. The van der Waals surface area contributed by atoms with Gasteiger partial charge in [-0.3, -0.25) is 0 Å². The lowest BCUT2D eigenvalue weighted by atomic mass is 9.91. The van der Waals surface area contributed by atoms with Gasteiger partial charge in [-0.1, -0.05) is 29.8 Å². The van der Waals surface area contributed by atoms with E-state index in [1.54, 1.807) is 0 Å². The Kier molecular flexibility index (Phi) is 3.43. The molecule has 2 rings (SSSR count). The number of hydrogen-bond donors (Lipinski definition) is 1. The van der Waals surface area contributed by atoms with Crippen molar-refractivity contribution in [3.63, 3.8) is 0 Å². The van der Waals surface area contributed by atoms with Crippen LogP contribution in [-0.2, 0) is 0 Å². The van der Waals surface area contributed by atoms with Gasteiger partial charge >= 0.3 is 0 Å². The normalized spacial score (nSPS) is 25.8. The molecule has 2 atom stereocenters. The fourth-order valence-electron chi connectivity index (χ4n) is 2.67. The van der Waals surface area contributed by atoms with Crippen molar-refractivity contribution in [1.29, 1.82) is 0 Å². The molecule has 2 N–H and O–H groups in total. The Morgan fingerprint density at radius 2 is 1.88 bits per heavy atom. The molecule has 1 saturated heterocycles. The molecule has 0 saturated carbocycles. The predicted molar refractivity (Wildman–Crippen MR) is 73.7 cm³/mol. The summed E-state index contributed by atoms with van der Waals surface area (Å²) >= 11 is 3.45. The van der Waals surface area contributed by atoms with E-state index < -0.39 is 0 Å². The standard InChI is InChI=1S/C13H19BrN2/c1-9-5-10(2)8-16(7-9)13-4-3-11(14)6-12(13)15/h3-4,6,9-10H,5,7-8,15H2,1-2H3. The van der Waals surface area contributed by atoms with Crippen LogP contribution >= 0.6 is 15.9 Å². The number of nitrogens with zero attached hydrogens (tertiary/aromatic N) is 1. The number of halogens is 1. The fourth-order valence-corrected chi connectivity index (χ4v) is 3.05. The van der Waals surface area contributed by atoms with Crippen LogP contribution < -0.4 is 10.6 Å². The molecule has 1 aliphatic heterocycles. The zero-order valence-corrected chi connectivity index (χ0v) is 11.5. The van der Waals surface area contributed by atoms with Crippen molar-refractivity contribution < 1.29 is 0 Å². The van der Waals surface area contributed by atoms with E-state index >= 15 is 0 Å². The average molecular weight is 283 g/mol. The van der Waals surface area contributed by atoms with Crippen molar-refractivity contribution in [2.75, 3.05) is 23.7 Å². The van der Waals surface area contributed by atoms with Crippen LogP contribution in [0.15, 0.2) is 22.7 Å². The largest absolute Gasteiger partial charge is 0.397 e. The maximum absolute atomic E-state index is 6.07. The van der Waals surface area contributed by atoms with Gasteiger partial charge in [0.05, 0.1) is 11.4 Å². The Labute approximate surface area is 106 Å². The molecule has 2 nitrogen and oxygen atoms in total. The molecule has 0 bridgehead atoms. The Hall–Kier alpha value is -0.700. The first kappa shape index (κ1) is 11.8. The SMILES string of the molecule is CC1CC(C)CN(c2ccc(Br)cc2N)C1. The third-order valence-electron chi connectivity index (χ3n) is 3.20. The monoisotopic (exact) mass is 282 g/mol. The van der Waals surface area contributed by atoms with Gasteiger partial charge in [0.1, 0.15) is 0 Å². The average Bonchev–Trinajstić information content (AvgIpc) is 2.15. The van der Waals surface area contributed by atoms with Crippen molar-refractivity contribution in [3.05, 3.63) is 22.7 Å². The van der Waals surface area contributed by atoms with Gasteiger partial charge in [-0.15, -0.1) is 0 Å². The van der Waals surface area contributed by atoms with Gasteiger partial charge in [-0.05, 0) is 36.5 Å². The Balaban J connectivity index is 2.23. The first-order valence-electron chi connectivity index (χ1n) is 5.86. The molecule has 0 radical (unpaired) electrons. The van der Waals surface area contributed by atoms with Crippen molar-refractivity contribution in [2.45, 2.75) is 20.3 Å². The lowest BCUT2D eigenvalue weighted by molar-refractivity contribution is 0.357. The van der Waals surface area contributed by atoms with E-state index in [9.17, 15) is 0 Å². The number of benzene rings is 1. The number of anilines is 2. The molecule has 1 fully saturated rings. The molecular formula is C13H19BrN2. The molecule has 1 aromatic carbocycles. The van der Waals surface area contributed by atoms with Gasteiger partial charge in [-0.2, -0.15) is 0 Å². The van der Waals surface area contributed by atoms with Crippen LogP contribution in [0.5, 0.6) is 0 Å². The van der Waals surface area contributed by atoms with E-state index in [2.05, 4.69) is 46.8 Å². The summed E-state index contributed by atoms with van der Waals surface area (Å²) in [6.07, 6.45) is 1.33. The lowest BCUT2D eigenvalue weighted by Crippen LogP contribution is -2.39. The predicted octanol–water partition coefficient (Wildman–Crippen LogP) is 3.51. The minimum Gasteiger partial charge on any atom is -0.397 e. The highest BCUT2D eigenvalue weighted by molar-refractivity contribution is 9.10. The number of hydrogen-bond acceptors (Lipinski definition) is 2. The van der Waals surface area contributed by atoms with Crippen LogP contribution in [0.25, 0.3) is 0 Å². The molecule has 0 aromatic heterocycles. The van der Waals surface area contributed by atoms with Crippen molar-refractivity contribution in [1.82, 2.24) is 0 Å². The number of piperidine rings is 1. The molecule has 1 heterocycles. The quantitative estimate of drug-likeness (QED) is 0.799. The molecule has 1 aliphatic rings. The molecule has 16 heavy (non-hydrogen) atoms. The molecular weight excluding hydrogens is 264 g/mol. The molecule has 88 valence electrons. The van der Waals surface area contributed by atoms with Gasteiger partial charge < -0.3 is 10.6 Å². The van der Waals surface area contributed by atoms with Crippen molar-refractivity contribution >= 4 is 27.3 Å². The van der Waals surface area contributed by atoms with Gasteiger partial charge in [0.25, 0.3) is 0 Å². The molecule has 2 unspecified atom stereocenters. The summed E-state index contributed by atoms with van der Waals surface area (Å²) in [5.74, 6) is 1.51. The van der Waals surface area contributed by atoms with E-state index in [1.807, 2.05) is 6.07 Å². The van der Waals surface area contributed by atoms with Crippen LogP contribution in [0.2, 0.25) is 0 Å². The molecule has 0 aliphatic carbocycles. The summed E-state index contributed by atoms with van der Waals surface area (Å²) in [5.41, 5.74) is 8.12. The summed E-state index contributed by atoms with van der Waals surface area (Å²) in [4.78, 5) is 2.42. The third kappa shape index (κ3) is 2.51. The van der Waals surface area contributed by atoms with Crippen LogP contribution in [0.3, 0.4) is 0 Å². The Bertz CT molecular complexity index is 368. The van der Waals surface area contributed by atoms with Gasteiger partial charge in [-0.25, -0.2) is 0 Å². The molecule has 0 amide bonds. The highest BCUT2D eigenvalue weighted by Crippen LogP contribution is 2.31. The summed E-state index contributed by atoms with van der Waals surface area (Å²) in [5, 5.41) is 0. The zero-order chi connectivity index (χ0) is 11.7. The third-order valence-corrected chi connectivity index (χ3v) is 3.69. The summed E-state index contributed by atoms with van der Waals surface area (Å²) in [6, 6.07) is 6.17. The van der Waals surface area contributed by atoms with E-state index in [0.717, 1.165) is 35.1 Å². The first-order valence-corrected chi connectivity index (χ1v) is 6.65. The number of nitrogen functional groups attached to an aromatic ring is 1. The molecule has 1 aromatic rings. The topological polar surface area (TPSA) is 29.3 Å². The number of nitrogens with two attached hydrogens (primary N) is 1. The van der Waals surface area contributed by atoms with Crippen molar-refractivity contribution in [2.24, 2.45) is 11.8 Å². The maximum atomic E-state index is 6.07. The highest BCUT2D eigenvalue weighted by Gasteiger charge is 2.22. The molecule has 0 spiro atoms. The van der Waals surface area contributed by atoms with Gasteiger partial charge in [0.2, 0.25) is 0 Å². The second kappa shape index (κ2) is 4.66. The zero-order valence-electron chi connectivity index (χ0n) is 9.91. The van der Waals surface area contributed by atoms with E-state index in [1.165, 1.54) is 12.1 Å². The van der Waals surface area contributed by atoms with Crippen LogP contribution in [-0.4, -0.2) is 13.1 Å². The van der Waals surface area contributed by atoms with Crippen molar-refractivity contribution in [3.8, 4) is 0 Å². The Morgan fingerprint density at radius 1 is 1.25 bits per heavy atom. The molecule has 3 heteroatoms. The smallest absolute Gasteiger partial charge is 0.0600 e. The van der Waals surface area contributed by atoms with Gasteiger partial charge in [0, 0.05) is 17.6 Å². The summed E-state index contributed by atoms with van der Waals surface area (Å²) < 4.78 is 1.05. The second-order valence-corrected chi connectivity index (χ2v) is 5.97. The van der Waals surface area contributed by atoms with Crippen LogP contribution in [0.4, 0.5) is 11.4 Å². The second-order valence-electron chi connectivity index (χ2n) is 5.05. The van der Waals surface area contributed by atoms with Gasteiger partial charge in [0.15, 0.2) is 0 Å². The highest BCUT2D eigenvalue weighted by atomic mass is 79.9. The minimum absolute atomic E-state index is 0.756. The number of rotatable bonds is 1. The summed E-state index contributed by atoms with van der Waals surface area (Å²) in [7, 11) is 0. The fraction of sp³-hybridized carbons (Fsp3) is 0.538. The van der Waals surface area contributed by atoms with E-state index in [0.29, 0.717) is 0 Å². The maximum Gasteiger partial charge on any atom is 0.0600 e. The summed E-state index contributed by atoms with van der Waals surface area (Å²) in [6.45, 7) is 6.88. The first-order chi connectivity index (χ1) is 7.56. The minimum atomic E-state index is 0.756. The lowest BCUT2D eigenvalue weighted by Gasteiger charge is -2.37. The van der Waals surface area contributed by atoms with E-state index in [4.69, 9.17) is 5.73 Å². The van der Waals surface area contributed by atoms with Crippen LogP contribution in [0, 0.1) is 11.8 Å².